The Morgan fingerprint density at radius 2 is 2.10 bits per heavy atom. The summed E-state index contributed by atoms with van der Waals surface area (Å²) in [7, 11) is 0. The summed E-state index contributed by atoms with van der Waals surface area (Å²) in [5.74, 6) is 0.558. The van der Waals surface area contributed by atoms with E-state index in [9.17, 15) is 4.79 Å². The number of nitrogens with one attached hydrogen (secondary N) is 1. The van der Waals surface area contributed by atoms with Gasteiger partial charge in [0.15, 0.2) is 0 Å². The summed E-state index contributed by atoms with van der Waals surface area (Å²) >= 11 is 7.65. The highest BCUT2D eigenvalue weighted by Crippen LogP contribution is 2.29. The molecule has 0 aliphatic carbocycles. The number of fused-ring (bicyclic) bond motifs is 1. The smallest absolute Gasteiger partial charge is 0.259 e. The van der Waals surface area contributed by atoms with Gasteiger partial charge in [0.1, 0.15) is 10.7 Å². The highest BCUT2D eigenvalue weighted by Gasteiger charge is 2.15. The number of alkyl halides is 1. The molecule has 5 heteroatoms. The molecule has 0 aliphatic rings. The Kier molecular flexibility index (Phi) is 5.22. The lowest BCUT2D eigenvalue weighted by Gasteiger charge is -2.01. The highest BCUT2D eigenvalue weighted by atomic mass is 35.5. The van der Waals surface area contributed by atoms with Crippen LogP contribution in [0, 0.1) is 6.92 Å². The number of hydrogen-bond acceptors (Lipinski definition) is 3. The lowest BCUT2D eigenvalue weighted by atomic mass is 10.1. The van der Waals surface area contributed by atoms with Crippen molar-refractivity contribution < 1.29 is 0 Å². The zero-order valence-electron chi connectivity index (χ0n) is 12.3. The van der Waals surface area contributed by atoms with E-state index in [-0.39, 0.29) is 10.9 Å². The highest BCUT2D eigenvalue weighted by molar-refractivity contribution is 7.18. The molecule has 2 aromatic heterocycles. The number of H-pyrrole nitrogens is 1. The molecule has 3 nitrogen and oxygen atoms in total. The summed E-state index contributed by atoms with van der Waals surface area (Å²) in [5.41, 5.74) is 1.02. The van der Waals surface area contributed by atoms with Crippen molar-refractivity contribution in [1.82, 2.24) is 9.97 Å². The lowest BCUT2D eigenvalue weighted by Crippen LogP contribution is -2.11. The van der Waals surface area contributed by atoms with Crippen molar-refractivity contribution in [2.45, 2.75) is 58.3 Å². The second-order valence-electron chi connectivity index (χ2n) is 5.21. The molecule has 0 spiro atoms. The molecule has 1 N–H and O–H groups in total. The third kappa shape index (κ3) is 3.23. The van der Waals surface area contributed by atoms with Crippen molar-refractivity contribution in [1.29, 1.82) is 0 Å². The lowest BCUT2D eigenvalue weighted by molar-refractivity contribution is 0.669. The zero-order chi connectivity index (χ0) is 14.7. The van der Waals surface area contributed by atoms with E-state index >= 15 is 0 Å². The topological polar surface area (TPSA) is 45.8 Å². The molecule has 20 heavy (non-hydrogen) atoms. The third-order valence-electron chi connectivity index (χ3n) is 3.55. The molecule has 1 atom stereocenters. The maximum Gasteiger partial charge on any atom is 0.259 e. The molecule has 110 valence electrons. The zero-order valence-corrected chi connectivity index (χ0v) is 13.8. The first-order valence-corrected chi connectivity index (χ1v) is 8.46. The minimum atomic E-state index is -0.275. The van der Waals surface area contributed by atoms with Crippen LogP contribution in [0.5, 0.6) is 0 Å². The molecule has 0 saturated heterocycles. The Morgan fingerprint density at radius 3 is 2.75 bits per heavy atom. The van der Waals surface area contributed by atoms with Gasteiger partial charge in [-0.1, -0.05) is 26.2 Å². The summed E-state index contributed by atoms with van der Waals surface area (Å²) in [5, 5.41) is 0.462. The molecule has 2 rings (SSSR count). The van der Waals surface area contributed by atoms with Gasteiger partial charge in [-0.15, -0.1) is 22.9 Å². The van der Waals surface area contributed by atoms with Gasteiger partial charge < -0.3 is 4.98 Å². The van der Waals surface area contributed by atoms with Crippen LogP contribution in [0.15, 0.2) is 4.79 Å². The number of nitrogens with zero attached hydrogens (tertiary/aromatic N) is 1. The van der Waals surface area contributed by atoms with Crippen LogP contribution in [0.1, 0.15) is 61.2 Å². The summed E-state index contributed by atoms with van der Waals surface area (Å²) in [6.07, 6.45) is 5.98. The van der Waals surface area contributed by atoms with Gasteiger partial charge in [-0.25, -0.2) is 4.98 Å². The van der Waals surface area contributed by atoms with Gasteiger partial charge in [0, 0.05) is 4.88 Å². The van der Waals surface area contributed by atoms with E-state index < -0.39 is 0 Å². The van der Waals surface area contributed by atoms with Crippen LogP contribution in [-0.4, -0.2) is 9.97 Å². The predicted molar refractivity (Wildman–Crippen MR) is 87.1 cm³/mol. The summed E-state index contributed by atoms with van der Waals surface area (Å²) in [6.45, 7) is 6.05. The van der Waals surface area contributed by atoms with E-state index in [4.69, 9.17) is 11.6 Å². The van der Waals surface area contributed by atoms with Gasteiger partial charge in [-0.05, 0) is 32.3 Å². The molecule has 0 fully saturated rings. The average molecular weight is 313 g/mol. The van der Waals surface area contributed by atoms with E-state index in [2.05, 4.69) is 16.9 Å². The quantitative estimate of drug-likeness (QED) is 0.620. The van der Waals surface area contributed by atoms with E-state index in [1.165, 1.54) is 30.6 Å². The number of unbranched alkanes of at least 4 members (excludes halogenated alkanes) is 3. The Balaban J connectivity index is 2.32. The number of halogens is 1. The minimum Gasteiger partial charge on any atom is -0.309 e. The van der Waals surface area contributed by atoms with Crippen LogP contribution in [0.25, 0.3) is 10.2 Å². The van der Waals surface area contributed by atoms with Crippen LogP contribution in [-0.2, 0) is 6.42 Å². The summed E-state index contributed by atoms with van der Waals surface area (Å²) < 4.78 is 0. The average Bonchev–Trinajstić information content (AvgIpc) is 2.72. The van der Waals surface area contributed by atoms with E-state index in [1.54, 1.807) is 11.3 Å². The molecule has 0 aliphatic heterocycles. The maximum atomic E-state index is 12.2. The number of thiophene rings is 1. The molecule has 0 aromatic carbocycles. The van der Waals surface area contributed by atoms with Gasteiger partial charge in [0.05, 0.1) is 10.8 Å². The van der Waals surface area contributed by atoms with Crippen LogP contribution in [0.3, 0.4) is 0 Å². The van der Waals surface area contributed by atoms with Gasteiger partial charge in [-0.2, -0.15) is 0 Å². The number of aromatic nitrogens is 2. The first-order valence-electron chi connectivity index (χ1n) is 7.20. The third-order valence-corrected chi connectivity index (χ3v) is 5.00. The second kappa shape index (κ2) is 6.72. The van der Waals surface area contributed by atoms with Crippen molar-refractivity contribution in [3.05, 3.63) is 26.6 Å². The molecule has 2 heterocycles. The fourth-order valence-corrected chi connectivity index (χ4v) is 3.68. The monoisotopic (exact) mass is 312 g/mol. The molecular weight excluding hydrogens is 292 g/mol. The Morgan fingerprint density at radius 1 is 1.35 bits per heavy atom. The largest absolute Gasteiger partial charge is 0.309 e. The fraction of sp³-hybridized carbons (Fsp3) is 0.600. The molecular formula is C15H21ClN2OS. The van der Waals surface area contributed by atoms with Crippen molar-refractivity contribution in [2.75, 3.05) is 0 Å². The number of rotatable bonds is 6. The van der Waals surface area contributed by atoms with Gasteiger partial charge in [-0.3, -0.25) is 4.79 Å². The molecule has 2 aromatic rings. The molecule has 0 bridgehead atoms. The van der Waals surface area contributed by atoms with E-state index in [0.29, 0.717) is 5.82 Å². The molecule has 1 unspecified atom stereocenters. The van der Waals surface area contributed by atoms with Crippen molar-refractivity contribution in [2.24, 2.45) is 0 Å². The van der Waals surface area contributed by atoms with E-state index in [0.717, 1.165) is 22.2 Å². The van der Waals surface area contributed by atoms with Crippen LogP contribution < -0.4 is 5.56 Å². The number of aromatic amines is 1. The Bertz CT molecular complexity index is 645. The predicted octanol–water partition coefficient (Wildman–Crippen LogP) is 4.72. The van der Waals surface area contributed by atoms with Crippen LogP contribution >= 0.6 is 22.9 Å². The van der Waals surface area contributed by atoms with Crippen molar-refractivity contribution in [3.63, 3.8) is 0 Å². The maximum absolute atomic E-state index is 12.2. The molecule has 0 amide bonds. The normalized spacial score (nSPS) is 13.0. The first-order chi connectivity index (χ1) is 9.54. The molecule has 0 radical (unpaired) electrons. The van der Waals surface area contributed by atoms with Gasteiger partial charge in [0.25, 0.3) is 5.56 Å². The van der Waals surface area contributed by atoms with Crippen molar-refractivity contribution in [3.8, 4) is 0 Å². The van der Waals surface area contributed by atoms with Crippen LogP contribution in [0.2, 0.25) is 0 Å². The Hall–Kier alpha value is -0.870. The number of aryl methyl sites for hydroxylation is 2. The fourth-order valence-electron chi connectivity index (χ4n) is 2.35. The Labute approximate surface area is 128 Å². The SMILES string of the molecule is CCCCCCc1sc2nc(C(C)Cl)[nH]c(=O)c2c1C. The van der Waals surface area contributed by atoms with Gasteiger partial charge >= 0.3 is 0 Å². The van der Waals surface area contributed by atoms with Crippen molar-refractivity contribution >= 4 is 33.2 Å². The minimum absolute atomic E-state index is 0.0638. The summed E-state index contributed by atoms with van der Waals surface area (Å²) in [6, 6.07) is 0. The van der Waals surface area contributed by atoms with Gasteiger partial charge in [0.2, 0.25) is 0 Å². The van der Waals surface area contributed by atoms with Crippen LogP contribution in [0.4, 0.5) is 0 Å². The first kappa shape index (κ1) is 15.5. The van der Waals surface area contributed by atoms with E-state index in [1.807, 2.05) is 13.8 Å². The second-order valence-corrected chi connectivity index (χ2v) is 6.95. The summed E-state index contributed by atoms with van der Waals surface area (Å²) in [4.78, 5) is 21.6. The molecule has 0 saturated carbocycles. The standard InChI is InChI=1S/C15H21ClN2OS/c1-4-5-6-7-8-11-9(2)12-14(19)17-13(10(3)16)18-15(12)20-11/h10H,4-8H2,1-3H3,(H,17,18,19). The number of hydrogen-bond donors (Lipinski definition) is 1.